The van der Waals surface area contributed by atoms with Gasteiger partial charge in [0.05, 0.1) is 23.0 Å². The summed E-state index contributed by atoms with van der Waals surface area (Å²) in [6.07, 6.45) is 0. The summed E-state index contributed by atoms with van der Waals surface area (Å²) in [5.41, 5.74) is 4.79. The van der Waals surface area contributed by atoms with Gasteiger partial charge in [0.25, 0.3) is 0 Å². The predicted octanol–water partition coefficient (Wildman–Crippen LogP) is 2.67. The molecule has 0 aliphatic rings. The lowest BCUT2D eigenvalue weighted by molar-refractivity contribution is 0.832. The van der Waals surface area contributed by atoms with Crippen LogP contribution in [0.25, 0.3) is 5.69 Å². The Bertz CT molecular complexity index is 573. The summed E-state index contributed by atoms with van der Waals surface area (Å²) in [4.78, 5) is 0. The summed E-state index contributed by atoms with van der Waals surface area (Å²) in [5, 5.41) is 13.3. The van der Waals surface area contributed by atoms with Gasteiger partial charge >= 0.3 is 0 Å². The smallest absolute Gasteiger partial charge is 0.0994 e. The maximum absolute atomic E-state index is 8.87. The molecule has 0 unspecified atom stereocenters. The maximum Gasteiger partial charge on any atom is 0.0994 e. The quantitative estimate of drug-likeness (QED) is 0.727. The van der Waals surface area contributed by atoms with Crippen molar-refractivity contribution in [2.75, 3.05) is 0 Å². The zero-order chi connectivity index (χ0) is 11.7. The fraction of sp³-hybridized carbons (Fsp3) is 0.231. The van der Waals surface area contributed by atoms with E-state index < -0.39 is 0 Å². The average Bonchev–Trinajstić information content (AvgIpc) is 2.58. The van der Waals surface area contributed by atoms with Crippen LogP contribution in [0.4, 0.5) is 0 Å². The highest BCUT2D eigenvalue weighted by atomic mass is 15.3. The van der Waals surface area contributed by atoms with Crippen LogP contribution >= 0.6 is 0 Å². The molecule has 3 nitrogen and oxygen atoms in total. The fourth-order valence-corrected chi connectivity index (χ4v) is 1.80. The van der Waals surface area contributed by atoms with Crippen LogP contribution in [-0.4, -0.2) is 9.78 Å². The predicted molar refractivity (Wildman–Crippen MR) is 62.5 cm³/mol. The second-order valence-corrected chi connectivity index (χ2v) is 3.95. The van der Waals surface area contributed by atoms with E-state index in [0.717, 1.165) is 22.6 Å². The average molecular weight is 211 g/mol. The van der Waals surface area contributed by atoms with Gasteiger partial charge in [0.1, 0.15) is 0 Å². The summed E-state index contributed by atoms with van der Waals surface area (Å²) in [5.74, 6) is 0. The third-order valence-corrected chi connectivity index (χ3v) is 2.58. The van der Waals surface area contributed by atoms with Gasteiger partial charge in [-0.1, -0.05) is 0 Å². The molecular weight excluding hydrogens is 198 g/mol. The summed E-state index contributed by atoms with van der Waals surface area (Å²) in [7, 11) is 0. The molecule has 0 N–H and O–H groups in total. The van der Waals surface area contributed by atoms with Crippen molar-refractivity contribution in [3.63, 3.8) is 0 Å². The van der Waals surface area contributed by atoms with E-state index in [4.69, 9.17) is 5.26 Å². The Morgan fingerprint density at radius 1 is 1.19 bits per heavy atom. The lowest BCUT2D eigenvalue weighted by atomic mass is 10.1. The molecule has 0 aliphatic carbocycles. The van der Waals surface area contributed by atoms with Crippen LogP contribution in [-0.2, 0) is 0 Å². The second kappa shape index (κ2) is 3.82. The lowest BCUT2D eigenvalue weighted by Crippen LogP contribution is -1.99. The molecule has 1 heterocycles. The molecule has 1 aromatic carbocycles. The van der Waals surface area contributed by atoms with Crippen LogP contribution < -0.4 is 0 Å². The van der Waals surface area contributed by atoms with Crippen molar-refractivity contribution in [1.82, 2.24) is 9.78 Å². The monoisotopic (exact) mass is 211 g/mol. The largest absolute Gasteiger partial charge is 0.238 e. The zero-order valence-electron chi connectivity index (χ0n) is 9.65. The van der Waals surface area contributed by atoms with Gasteiger partial charge in [-0.15, -0.1) is 0 Å². The Labute approximate surface area is 94.9 Å². The Morgan fingerprint density at radius 3 is 2.44 bits per heavy atom. The number of hydrogen-bond donors (Lipinski definition) is 0. The van der Waals surface area contributed by atoms with Crippen molar-refractivity contribution in [1.29, 1.82) is 5.26 Å². The molecule has 2 aromatic rings. The molecule has 0 bridgehead atoms. The van der Waals surface area contributed by atoms with Gasteiger partial charge in [0.15, 0.2) is 0 Å². The minimum Gasteiger partial charge on any atom is -0.238 e. The number of nitrogens with zero attached hydrogens (tertiary/aromatic N) is 3. The van der Waals surface area contributed by atoms with Gasteiger partial charge in [0.2, 0.25) is 0 Å². The number of aromatic nitrogens is 2. The summed E-state index contributed by atoms with van der Waals surface area (Å²) >= 11 is 0. The van der Waals surface area contributed by atoms with Crippen molar-refractivity contribution in [3.05, 3.63) is 46.8 Å². The Kier molecular flexibility index (Phi) is 2.49. The summed E-state index contributed by atoms with van der Waals surface area (Å²) in [6.45, 7) is 5.93. The molecule has 3 heteroatoms. The number of nitriles is 1. The SMILES string of the molecule is Cc1cc(C)n(-c2ccc(C#N)c(C)c2)n1. The molecule has 0 radical (unpaired) electrons. The van der Waals surface area contributed by atoms with E-state index in [0.29, 0.717) is 5.56 Å². The van der Waals surface area contributed by atoms with E-state index in [-0.39, 0.29) is 0 Å². The molecule has 16 heavy (non-hydrogen) atoms. The first-order valence-corrected chi connectivity index (χ1v) is 5.16. The van der Waals surface area contributed by atoms with Crippen molar-refractivity contribution < 1.29 is 0 Å². The van der Waals surface area contributed by atoms with E-state index in [1.54, 1.807) is 0 Å². The topological polar surface area (TPSA) is 41.6 Å². The van der Waals surface area contributed by atoms with E-state index in [1.165, 1.54) is 0 Å². The van der Waals surface area contributed by atoms with E-state index in [1.807, 2.05) is 49.7 Å². The maximum atomic E-state index is 8.87. The van der Waals surface area contributed by atoms with Crippen LogP contribution in [0.1, 0.15) is 22.5 Å². The Morgan fingerprint density at radius 2 is 1.94 bits per heavy atom. The van der Waals surface area contributed by atoms with Crippen molar-refractivity contribution >= 4 is 0 Å². The zero-order valence-corrected chi connectivity index (χ0v) is 9.65. The number of benzene rings is 1. The molecule has 0 atom stereocenters. The third-order valence-electron chi connectivity index (χ3n) is 2.58. The highest BCUT2D eigenvalue weighted by Crippen LogP contribution is 2.16. The molecule has 0 aliphatic heterocycles. The molecule has 1 aromatic heterocycles. The lowest BCUT2D eigenvalue weighted by Gasteiger charge is -2.06. The summed E-state index contributed by atoms with van der Waals surface area (Å²) in [6, 6.07) is 9.94. The fourth-order valence-electron chi connectivity index (χ4n) is 1.80. The van der Waals surface area contributed by atoms with E-state index in [9.17, 15) is 0 Å². The normalized spacial score (nSPS) is 10.1. The highest BCUT2D eigenvalue weighted by molar-refractivity contribution is 5.45. The standard InChI is InChI=1S/C13H13N3/c1-9-6-13(5-4-12(9)8-14)16-11(3)7-10(2)15-16/h4-7H,1-3H3. The Hall–Kier alpha value is -2.08. The van der Waals surface area contributed by atoms with Crippen molar-refractivity contribution in [2.24, 2.45) is 0 Å². The van der Waals surface area contributed by atoms with E-state index >= 15 is 0 Å². The first kappa shape index (κ1) is 10.4. The van der Waals surface area contributed by atoms with Gasteiger partial charge in [-0.05, 0) is 50.6 Å². The molecule has 2 rings (SSSR count). The minimum absolute atomic E-state index is 0.713. The first-order valence-electron chi connectivity index (χ1n) is 5.16. The number of hydrogen-bond acceptors (Lipinski definition) is 2. The molecule has 80 valence electrons. The third kappa shape index (κ3) is 1.70. The van der Waals surface area contributed by atoms with Gasteiger partial charge in [-0.2, -0.15) is 10.4 Å². The van der Waals surface area contributed by atoms with Gasteiger partial charge in [-0.25, -0.2) is 4.68 Å². The van der Waals surface area contributed by atoms with Crippen molar-refractivity contribution in [3.8, 4) is 11.8 Å². The first-order chi connectivity index (χ1) is 7.61. The van der Waals surface area contributed by atoms with Crippen molar-refractivity contribution in [2.45, 2.75) is 20.8 Å². The van der Waals surface area contributed by atoms with Crippen LogP contribution in [0.15, 0.2) is 24.3 Å². The van der Waals surface area contributed by atoms with Crippen LogP contribution in [0.2, 0.25) is 0 Å². The molecule has 0 saturated heterocycles. The summed E-state index contributed by atoms with van der Waals surface area (Å²) < 4.78 is 1.89. The molecular formula is C13H13N3. The molecule has 0 fully saturated rings. The Balaban J connectivity index is 2.54. The number of rotatable bonds is 1. The second-order valence-electron chi connectivity index (χ2n) is 3.95. The highest BCUT2D eigenvalue weighted by Gasteiger charge is 2.05. The van der Waals surface area contributed by atoms with Crippen LogP contribution in [0, 0.1) is 32.1 Å². The van der Waals surface area contributed by atoms with Gasteiger partial charge in [-0.3, -0.25) is 0 Å². The molecule has 0 amide bonds. The van der Waals surface area contributed by atoms with E-state index in [2.05, 4.69) is 11.2 Å². The van der Waals surface area contributed by atoms with Gasteiger partial charge in [0, 0.05) is 5.69 Å². The van der Waals surface area contributed by atoms with Crippen LogP contribution in [0.3, 0.4) is 0 Å². The molecule has 0 saturated carbocycles. The molecule has 0 spiro atoms. The van der Waals surface area contributed by atoms with Crippen LogP contribution in [0.5, 0.6) is 0 Å². The number of aryl methyl sites for hydroxylation is 3. The van der Waals surface area contributed by atoms with Gasteiger partial charge < -0.3 is 0 Å². The minimum atomic E-state index is 0.713.